The van der Waals surface area contributed by atoms with Gasteiger partial charge in [-0.2, -0.15) is 5.10 Å². The second-order valence-corrected chi connectivity index (χ2v) is 3.14. The highest BCUT2D eigenvalue weighted by Gasteiger charge is 2.15. The molecule has 1 aromatic heterocycles. The summed E-state index contributed by atoms with van der Waals surface area (Å²) >= 11 is 0. The molecule has 0 radical (unpaired) electrons. The molecule has 0 N–H and O–H groups in total. The van der Waals surface area contributed by atoms with Crippen molar-refractivity contribution in [2.75, 3.05) is 6.61 Å². The molecule has 0 amide bonds. The van der Waals surface area contributed by atoms with Crippen molar-refractivity contribution < 1.29 is 9.53 Å². The van der Waals surface area contributed by atoms with Gasteiger partial charge in [0.2, 0.25) is 0 Å². The van der Waals surface area contributed by atoms with Gasteiger partial charge in [-0.1, -0.05) is 6.92 Å². The first-order chi connectivity index (χ1) is 6.70. The highest BCUT2D eigenvalue weighted by atomic mass is 16.5. The lowest BCUT2D eigenvalue weighted by Gasteiger charge is -2.12. The molecule has 0 aliphatic heterocycles. The molecule has 78 valence electrons. The third-order valence-corrected chi connectivity index (χ3v) is 2.16. The fourth-order valence-corrected chi connectivity index (χ4v) is 1.21. The molecule has 4 heteroatoms. The smallest absolute Gasteiger partial charge is 0.356 e. The van der Waals surface area contributed by atoms with Gasteiger partial charge in [0, 0.05) is 12.2 Å². The van der Waals surface area contributed by atoms with Gasteiger partial charge in [0.05, 0.1) is 6.61 Å². The Bertz CT molecular complexity index is 307. The zero-order valence-electron chi connectivity index (χ0n) is 8.86. The van der Waals surface area contributed by atoms with Crippen LogP contribution in [0.1, 0.15) is 43.7 Å². The van der Waals surface area contributed by atoms with Crippen molar-refractivity contribution in [2.24, 2.45) is 0 Å². The standard InChI is InChI=1S/C10H16N2O2/c1-4-8(3)12-9(6-7-11-12)10(13)14-5-2/h6-8H,4-5H2,1-3H3. The van der Waals surface area contributed by atoms with Gasteiger partial charge in [-0.3, -0.25) is 4.68 Å². The van der Waals surface area contributed by atoms with E-state index in [0.29, 0.717) is 12.3 Å². The summed E-state index contributed by atoms with van der Waals surface area (Å²) < 4.78 is 6.63. The largest absolute Gasteiger partial charge is 0.461 e. The van der Waals surface area contributed by atoms with E-state index in [2.05, 4.69) is 12.0 Å². The summed E-state index contributed by atoms with van der Waals surface area (Å²) in [5.74, 6) is -0.301. The molecule has 0 saturated carbocycles. The van der Waals surface area contributed by atoms with Gasteiger partial charge in [-0.15, -0.1) is 0 Å². The molecule has 0 saturated heterocycles. The minimum atomic E-state index is -0.301. The number of carbonyl (C=O) groups is 1. The van der Waals surface area contributed by atoms with Crippen molar-refractivity contribution in [1.82, 2.24) is 9.78 Å². The Hall–Kier alpha value is -1.32. The van der Waals surface area contributed by atoms with E-state index in [4.69, 9.17) is 4.74 Å². The number of rotatable bonds is 4. The number of hydrogen-bond donors (Lipinski definition) is 0. The molecule has 1 rings (SSSR count). The molecule has 0 fully saturated rings. The SMILES string of the molecule is CCOC(=O)c1ccnn1C(C)CC. The van der Waals surface area contributed by atoms with Crippen molar-refractivity contribution in [3.05, 3.63) is 18.0 Å². The summed E-state index contributed by atoms with van der Waals surface area (Å²) in [7, 11) is 0. The van der Waals surface area contributed by atoms with Crippen LogP contribution in [0, 0.1) is 0 Å². The minimum Gasteiger partial charge on any atom is -0.461 e. The quantitative estimate of drug-likeness (QED) is 0.692. The fraction of sp³-hybridized carbons (Fsp3) is 0.600. The topological polar surface area (TPSA) is 44.1 Å². The Kier molecular flexibility index (Phi) is 3.68. The number of hydrogen-bond acceptors (Lipinski definition) is 3. The van der Waals surface area contributed by atoms with Crippen LogP contribution in [-0.2, 0) is 4.74 Å². The number of nitrogens with zero attached hydrogens (tertiary/aromatic N) is 2. The van der Waals surface area contributed by atoms with Crippen LogP contribution in [0.15, 0.2) is 12.3 Å². The highest BCUT2D eigenvalue weighted by Crippen LogP contribution is 2.12. The van der Waals surface area contributed by atoms with Gasteiger partial charge < -0.3 is 4.74 Å². The first-order valence-electron chi connectivity index (χ1n) is 4.91. The van der Waals surface area contributed by atoms with E-state index in [1.165, 1.54) is 0 Å². The fourth-order valence-electron chi connectivity index (χ4n) is 1.21. The first-order valence-corrected chi connectivity index (χ1v) is 4.91. The highest BCUT2D eigenvalue weighted by molar-refractivity contribution is 5.87. The molecule has 0 aliphatic rings. The first kappa shape index (κ1) is 10.8. The summed E-state index contributed by atoms with van der Waals surface area (Å²) in [4.78, 5) is 11.5. The van der Waals surface area contributed by atoms with Crippen molar-refractivity contribution >= 4 is 5.97 Å². The zero-order chi connectivity index (χ0) is 10.6. The van der Waals surface area contributed by atoms with E-state index in [0.717, 1.165) is 6.42 Å². The van der Waals surface area contributed by atoms with Crippen LogP contribution in [0.3, 0.4) is 0 Å². The van der Waals surface area contributed by atoms with Crippen LogP contribution in [0.2, 0.25) is 0 Å². The minimum absolute atomic E-state index is 0.226. The predicted molar refractivity (Wildman–Crippen MR) is 53.2 cm³/mol. The van der Waals surface area contributed by atoms with Gasteiger partial charge in [0.15, 0.2) is 0 Å². The molecule has 1 atom stereocenters. The monoisotopic (exact) mass is 196 g/mol. The molecule has 1 unspecified atom stereocenters. The van der Waals surface area contributed by atoms with Crippen molar-refractivity contribution in [1.29, 1.82) is 0 Å². The zero-order valence-corrected chi connectivity index (χ0v) is 8.86. The summed E-state index contributed by atoms with van der Waals surface area (Å²) in [5, 5.41) is 4.11. The Labute approximate surface area is 83.9 Å². The van der Waals surface area contributed by atoms with Crippen LogP contribution in [0.5, 0.6) is 0 Å². The summed E-state index contributed by atoms with van der Waals surface area (Å²) in [6.07, 6.45) is 2.56. The molecule has 1 aromatic rings. The van der Waals surface area contributed by atoms with Crippen LogP contribution >= 0.6 is 0 Å². The Balaban J connectivity index is 2.86. The molecular formula is C10H16N2O2. The van der Waals surface area contributed by atoms with Crippen LogP contribution in [0.25, 0.3) is 0 Å². The molecular weight excluding hydrogens is 180 g/mol. The Morgan fingerprint density at radius 3 is 2.93 bits per heavy atom. The van der Waals surface area contributed by atoms with Crippen molar-refractivity contribution in [3.63, 3.8) is 0 Å². The lowest BCUT2D eigenvalue weighted by molar-refractivity contribution is 0.0509. The molecule has 0 bridgehead atoms. The summed E-state index contributed by atoms with van der Waals surface area (Å²) in [5.41, 5.74) is 0.529. The number of carbonyl (C=O) groups excluding carboxylic acids is 1. The average molecular weight is 196 g/mol. The van der Waals surface area contributed by atoms with E-state index >= 15 is 0 Å². The molecule has 1 heterocycles. The van der Waals surface area contributed by atoms with Gasteiger partial charge in [0.25, 0.3) is 0 Å². The number of esters is 1. The second kappa shape index (κ2) is 4.79. The molecule has 0 aliphatic carbocycles. The third-order valence-electron chi connectivity index (χ3n) is 2.16. The van der Waals surface area contributed by atoms with E-state index in [9.17, 15) is 4.79 Å². The van der Waals surface area contributed by atoms with Gasteiger partial charge in [0.1, 0.15) is 5.69 Å². The van der Waals surface area contributed by atoms with E-state index < -0.39 is 0 Å². The maximum Gasteiger partial charge on any atom is 0.356 e. The second-order valence-electron chi connectivity index (χ2n) is 3.14. The maximum absolute atomic E-state index is 11.5. The van der Waals surface area contributed by atoms with E-state index in [-0.39, 0.29) is 12.0 Å². The lowest BCUT2D eigenvalue weighted by atomic mass is 10.2. The van der Waals surface area contributed by atoms with Gasteiger partial charge in [-0.25, -0.2) is 4.79 Å². The lowest BCUT2D eigenvalue weighted by Crippen LogP contribution is -2.16. The predicted octanol–water partition coefficient (Wildman–Crippen LogP) is 2.03. The van der Waals surface area contributed by atoms with Crippen LogP contribution in [-0.4, -0.2) is 22.4 Å². The Morgan fingerprint density at radius 1 is 1.64 bits per heavy atom. The molecule has 0 spiro atoms. The number of ether oxygens (including phenoxy) is 1. The van der Waals surface area contributed by atoms with Crippen LogP contribution in [0.4, 0.5) is 0 Å². The van der Waals surface area contributed by atoms with Crippen molar-refractivity contribution in [2.45, 2.75) is 33.2 Å². The average Bonchev–Trinajstić information content (AvgIpc) is 2.65. The third kappa shape index (κ3) is 2.13. The summed E-state index contributed by atoms with van der Waals surface area (Å²) in [6, 6.07) is 1.91. The molecule has 14 heavy (non-hydrogen) atoms. The normalized spacial score (nSPS) is 12.5. The van der Waals surface area contributed by atoms with Crippen LogP contribution < -0.4 is 0 Å². The maximum atomic E-state index is 11.5. The Morgan fingerprint density at radius 2 is 2.36 bits per heavy atom. The molecule has 0 aromatic carbocycles. The molecule has 4 nitrogen and oxygen atoms in total. The number of aromatic nitrogens is 2. The van der Waals surface area contributed by atoms with E-state index in [1.54, 1.807) is 23.9 Å². The van der Waals surface area contributed by atoms with Gasteiger partial charge in [-0.05, 0) is 26.3 Å². The van der Waals surface area contributed by atoms with Crippen molar-refractivity contribution in [3.8, 4) is 0 Å². The van der Waals surface area contributed by atoms with E-state index in [1.807, 2.05) is 6.92 Å². The summed E-state index contributed by atoms with van der Waals surface area (Å²) in [6.45, 7) is 6.27. The van der Waals surface area contributed by atoms with Gasteiger partial charge >= 0.3 is 5.97 Å².